The lowest BCUT2D eigenvalue weighted by Crippen LogP contribution is -1.80. The van der Waals surface area contributed by atoms with Crippen LogP contribution in [-0.4, -0.2) is 6.67 Å². The van der Waals surface area contributed by atoms with Crippen LogP contribution in [0.2, 0.25) is 0 Å². The monoisotopic (exact) mass is 172 g/mol. The highest BCUT2D eigenvalue weighted by molar-refractivity contribution is 4.76. The Morgan fingerprint density at radius 2 is 1.50 bits per heavy atom. The smallest absolute Gasteiger partial charge is 0.0894 e. The van der Waals surface area contributed by atoms with E-state index in [1.54, 1.807) is 0 Å². The lowest BCUT2D eigenvalue weighted by atomic mass is 10.1. The second kappa shape index (κ2) is 10.7. The minimum absolute atomic E-state index is 0.140. The molecule has 72 valence electrons. The van der Waals surface area contributed by atoms with Gasteiger partial charge < -0.3 is 0 Å². The van der Waals surface area contributed by atoms with E-state index in [1.165, 1.54) is 32.1 Å². The number of allylic oxidation sites excluding steroid dienone is 2. The number of hydrogen-bond acceptors (Lipinski definition) is 0. The van der Waals surface area contributed by atoms with Crippen LogP contribution in [0.15, 0.2) is 12.2 Å². The third-order valence-corrected chi connectivity index (χ3v) is 1.99. The van der Waals surface area contributed by atoms with E-state index in [-0.39, 0.29) is 6.67 Å². The lowest BCUT2D eigenvalue weighted by Gasteiger charge is -1.97. The molecule has 0 unspecified atom stereocenters. The van der Waals surface area contributed by atoms with Crippen LogP contribution in [0.4, 0.5) is 4.39 Å². The number of alkyl halides is 1. The van der Waals surface area contributed by atoms with Crippen molar-refractivity contribution in [2.75, 3.05) is 6.67 Å². The zero-order valence-corrected chi connectivity index (χ0v) is 8.19. The molecule has 0 saturated carbocycles. The Hall–Kier alpha value is -0.330. The van der Waals surface area contributed by atoms with Crippen molar-refractivity contribution in [3.8, 4) is 0 Å². The minimum Gasteiger partial charge on any atom is -0.251 e. The third-order valence-electron chi connectivity index (χ3n) is 1.99. The highest BCUT2D eigenvalue weighted by Crippen LogP contribution is 2.07. The summed E-state index contributed by atoms with van der Waals surface area (Å²) in [7, 11) is 0. The Balaban J connectivity index is 2.81. The first-order chi connectivity index (χ1) is 5.91. The molecule has 0 spiro atoms. The molecule has 0 radical (unpaired) electrons. The Labute approximate surface area is 75.9 Å². The average molecular weight is 172 g/mol. The van der Waals surface area contributed by atoms with Gasteiger partial charge in [0, 0.05) is 0 Å². The minimum atomic E-state index is -0.140. The van der Waals surface area contributed by atoms with E-state index in [1.807, 2.05) is 0 Å². The van der Waals surface area contributed by atoms with Gasteiger partial charge in [-0.1, -0.05) is 37.8 Å². The molecule has 0 aromatic carbocycles. The van der Waals surface area contributed by atoms with Crippen molar-refractivity contribution in [2.45, 2.75) is 51.9 Å². The largest absolute Gasteiger partial charge is 0.251 e. The van der Waals surface area contributed by atoms with Gasteiger partial charge in [0.15, 0.2) is 0 Å². The Morgan fingerprint density at radius 3 is 2.08 bits per heavy atom. The summed E-state index contributed by atoms with van der Waals surface area (Å²) in [5.74, 6) is 0. The molecule has 0 heterocycles. The van der Waals surface area contributed by atoms with Crippen LogP contribution >= 0.6 is 0 Å². The van der Waals surface area contributed by atoms with Gasteiger partial charge in [-0.3, -0.25) is 4.39 Å². The highest BCUT2D eigenvalue weighted by atomic mass is 19.1. The topological polar surface area (TPSA) is 0 Å². The third kappa shape index (κ3) is 9.67. The number of unbranched alkanes of at least 4 members (excludes halogenated alkanes) is 6. The van der Waals surface area contributed by atoms with Gasteiger partial charge in [-0.2, -0.15) is 0 Å². The first kappa shape index (κ1) is 11.7. The first-order valence-electron chi connectivity index (χ1n) is 5.09. The molecule has 0 bridgehead atoms. The number of rotatable bonds is 8. The summed E-state index contributed by atoms with van der Waals surface area (Å²) in [6.45, 7) is 1.92. The van der Waals surface area contributed by atoms with Gasteiger partial charge in [-0.25, -0.2) is 0 Å². The summed E-state index contributed by atoms with van der Waals surface area (Å²) in [6, 6.07) is 0. The zero-order chi connectivity index (χ0) is 9.07. The van der Waals surface area contributed by atoms with Crippen molar-refractivity contribution in [3.05, 3.63) is 12.2 Å². The summed E-state index contributed by atoms with van der Waals surface area (Å²) >= 11 is 0. The molecule has 0 N–H and O–H groups in total. The van der Waals surface area contributed by atoms with Gasteiger partial charge >= 0.3 is 0 Å². The summed E-state index contributed by atoms with van der Waals surface area (Å²) in [5, 5.41) is 0. The molecule has 0 atom stereocenters. The molecule has 0 saturated heterocycles. The van der Waals surface area contributed by atoms with Crippen LogP contribution in [0.5, 0.6) is 0 Å². The van der Waals surface area contributed by atoms with Crippen LogP contribution in [0.1, 0.15) is 51.9 Å². The summed E-state index contributed by atoms with van der Waals surface area (Å²) in [5.41, 5.74) is 0. The zero-order valence-electron chi connectivity index (χ0n) is 8.19. The van der Waals surface area contributed by atoms with Crippen molar-refractivity contribution >= 4 is 0 Å². The van der Waals surface area contributed by atoms with Gasteiger partial charge in [0.2, 0.25) is 0 Å². The normalized spacial score (nSPS) is 11.2. The van der Waals surface area contributed by atoms with Crippen LogP contribution in [0.25, 0.3) is 0 Å². The van der Waals surface area contributed by atoms with Crippen LogP contribution in [-0.2, 0) is 0 Å². The first-order valence-corrected chi connectivity index (χ1v) is 5.09. The van der Waals surface area contributed by atoms with Crippen LogP contribution in [0.3, 0.4) is 0 Å². The second-order valence-electron chi connectivity index (χ2n) is 3.17. The second-order valence-corrected chi connectivity index (χ2v) is 3.17. The van der Waals surface area contributed by atoms with Gasteiger partial charge in [0.1, 0.15) is 0 Å². The fourth-order valence-corrected chi connectivity index (χ4v) is 1.23. The molecule has 1 heteroatoms. The average Bonchev–Trinajstić information content (AvgIpc) is 2.10. The lowest BCUT2D eigenvalue weighted by molar-refractivity contribution is 0.450. The van der Waals surface area contributed by atoms with Crippen molar-refractivity contribution < 1.29 is 4.39 Å². The molecule has 0 amide bonds. The van der Waals surface area contributed by atoms with Crippen LogP contribution in [0, 0.1) is 0 Å². The number of halogens is 1. The Morgan fingerprint density at radius 1 is 0.917 bits per heavy atom. The summed E-state index contributed by atoms with van der Waals surface area (Å²) in [6.07, 6.45) is 12.4. The SMILES string of the molecule is CC=CCCCCCCCCF. The fraction of sp³-hybridized carbons (Fsp3) is 0.818. The number of hydrogen-bond donors (Lipinski definition) is 0. The van der Waals surface area contributed by atoms with Crippen LogP contribution < -0.4 is 0 Å². The van der Waals surface area contributed by atoms with Gasteiger partial charge in [-0.05, 0) is 26.2 Å². The van der Waals surface area contributed by atoms with Gasteiger partial charge in [0.25, 0.3) is 0 Å². The molecule has 0 aliphatic heterocycles. The molecule has 0 aromatic rings. The van der Waals surface area contributed by atoms with Gasteiger partial charge in [-0.15, -0.1) is 0 Å². The predicted molar refractivity (Wildman–Crippen MR) is 53.1 cm³/mol. The highest BCUT2D eigenvalue weighted by Gasteiger charge is 1.89. The van der Waals surface area contributed by atoms with E-state index in [9.17, 15) is 4.39 Å². The maximum Gasteiger partial charge on any atom is 0.0894 e. The Kier molecular flexibility index (Phi) is 10.4. The quantitative estimate of drug-likeness (QED) is 0.379. The van der Waals surface area contributed by atoms with Crippen molar-refractivity contribution in [1.82, 2.24) is 0 Å². The van der Waals surface area contributed by atoms with E-state index >= 15 is 0 Å². The Bertz CT molecular complexity index is 97.2. The maximum atomic E-state index is 11.7. The van der Waals surface area contributed by atoms with Crippen molar-refractivity contribution in [3.63, 3.8) is 0 Å². The van der Waals surface area contributed by atoms with E-state index < -0.39 is 0 Å². The van der Waals surface area contributed by atoms with E-state index in [0.717, 1.165) is 12.8 Å². The van der Waals surface area contributed by atoms with Crippen molar-refractivity contribution in [1.29, 1.82) is 0 Å². The summed E-state index contributed by atoms with van der Waals surface area (Å²) < 4.78 is 11.7. The fourth-order valence-electron chi connectivity index (χ4n) is 1.23. The molecular weight excluding hydrogens is 151 g/mol. The predicted octanol–water partition coefficient (Wildman–Crippen LogP) is 4.26. The standard InChI is InChI=1S/C11H21F/c1-2-3-4-5-6-7-8-9-10-11-12/h2-3H,4-11H2,1H3. The molecule has 0 rings (SSSR count). The van der Waals surface area contributed by atoms with E-state index in [4.69, 9.17) is 0 Å². The molecule has 0 fully saturated rings. The molecular formula is C11H21F. The maximum absolute atomic E-state index is 11.7. The van der Waals surface area contributed by atoms with E-state index in [0.29, 0.717) is 0 Å². The molecule has 0 aliphatic rings. The molecule has 0 nitrogen and oxygen atoms in total. The molecule has 0 aliphatic carbocycles. The summed E-state index contributed by atoms with van der Waals surface area (Å²) in [4.78, 5) is 0. The molecule has 0 aromatic heterocycles. The van der Waals surface area contributed by atoms with Crippen molar-refractivity contribution in [2.24, 2.45) is 0 Å². The molecule has 12 heavy (non-hydrogen) atoms. The van der Waals surface area contributed by atoms with Gasteiger partial charge in [0.05, 0.1) is 6.67 Å². The van der Waals surface area contributed by atoms with E-state index in [2.05, 4.69) is 19.1 Å².